The molecule has 5 heteroatoms. The Morgan fingerprint density at radius 2 is 1.89 bits per heavy atom. The number of hydrogen-bond acceptors (Lipinski definition) is 4. The second-order valence-corrected chi connectivity index (χ2v) is 11.9. The molecule has 1 saturated carbocycles. The maximum Gasteiger partial charge on any atom is 0.226 e. The fourth-order valence-corrected chi connectivity index (χ4v) is 5.75. The summed E-state index contributed by atoms with van der Waals surface area (Å²) in [4.78, 5) is 24.9. The zero-order valence-corrected chi connectivity index (χ0v) is 23.6. The van der Waals surface area contributed by atoms with Crippen molar-refractivity contribution in [3.05, 3.63) is 71.6 Å². The van der Waals surface area contributed by atoms with Gasteiger partial charge in [-0.25, -0.2) is 0 Å². The van der Waals surface area contributed by atoms with E-state index in [0.29, 0.717) is 5.92 Å². The summed E-state index contributed by atoms with van der Waals surface area (Å²) >= 11 is 0. The Morgan fingerprint density at radius 3 is 2.49 bits per heavy atom. The Morgan fingerprint density at radius 1 is 1.19 bits per heavy atom. The van der Waals surface area contributed by atoms with E-state index in [9.17, 15) is 4.79 Å². The molecule has 37 heavy (non-hydrogen) atoms. The Bertz CT molecular complexity index is 1290. The van der Waals surface area contributed by atoms with Crippen LogP contribution in [0.2, 0.25) is 0 Å². The lowest BCUT2D eigenvalue weighted by Crippen LogP contribution is -2.41. The first-order chi connectivity index (χ1) is 17.5. The highest BCUT2D eigenvalue weighted by molar-refractivity contribution is 5.85. The first-order valence-corrected chi connectivity index (χ1v) is 13.6. The van der Waals surface area contributed by atoms with Gasteiger partial charge in [-0.2, -0.15) is 0 Å². The molecule has 196 valence electrons. The largest absolute Gasteiger partial charge is 0.354 e. The maximum atomic E-state index is 13.4. The number of carbonyl (C=O) groups excluding carboxylic acids is 1. The molecule has 5 nitrogen and oxygen atoms in total. The van der Waals surface area contributed by atoms with Crippen LogP contribution in [0.1, 0.15) is 89.1 Å². The first kappa shape index (κ1) is 26.8. The third kappa shape index (κ3) is 5.71. The third-order valence-electron chi connectivity index (χ3n) is 7.79. The number of benzene rings is 1. The zero-order valence-electron chi connectivity index (χ0n) is 23.6. The minimum atomic E-state index is -0.107. The average Bonchev–Trinajstić information content (AvgIpc) is 3.29. The normalized spacial score (nSPS) is 17.6. The standard InChI is InChI=1S/C32H42N4O/c1-9-21(3)28-27(19-33-26-17-11-22(4)34-29(26)28)35-25-15-13-23(14-16-25)30(32(5,6)7)36(8)31(37)24-12-10-20(2)18-24/h11,13-17,19,21,24,30,35H,2,9-10,12,18H2,1,3-8H3/t21-,24-,30+/m1/s1. The van der Waals surface area contributed by atoms with Crippen LogP contribution in [-0.4, -0.2) is 27.8 Å². The lowest BCUT2D eigenvalue weighted by Gasteiger charge is -2.39. The number of nitrogens with zero attached hydrogens (tertiary/aromatic N) is 3. The molecule has 4 rings (SSSR count). The van der Waals surface area contributed by atoms with E-state index in [1.54, 1.807) is 0 Å². The Labute approximate surface area is 222 Å². The van der Waals surface area contributed by atoms with Crippen LogP contribution in [0.3, 0.4) is 0 Å². The number of allylic oxidation sites excluding steroid dienone is 1. The number of anilines is 2. The van der Waals surface area contributed by atoms with Crippen LogP contribution in [0, 0.1) is 18.3 Å². The molecule has 1 N–H and O–H groups in total. The van der Waals surface area contributed by atoms with Crippen molar-refractivity contribution in [2.75, 3.05) is 12.4 Å². The predicted octanol–water partition coefficient (Wildman–Crippen LogP) is 8.10. The van der Waals surface area contributed by atoms with Crippen molar-refractivity contribution in [3.8, 4) is 0 Å². The molecule has 0 radical (unpaired) electrons. The van der Waals surface area contributed by atoms with Gasteiger partial charge in [0.05, 0.1) is 29.0 Å². The molecule has 0 aliphatic heterocycles. The molecule has 1 aromatic carbocycles. The number of aryl methyl sites for hydroxylation is 1. The van der Waals surface area contributed by atoms with Crippen molar-refractivity contribution in [1.29, 1.82) is 0 Å². The predicted molar refractivity (Wildman–Crippen MR) is 154 cm³/mol. The zero-order chi connectivity index (χ0) is 26.9. The minimum Gasteiger partial charge on any atom is -0.354 e. The molecule has 3 aromatic rings. The van der Waals surface area contributed by atoms with Gasteiger partial charge < -0.3 is 10.2 Å². The molecule has 0 unspecified atom stereocenters. The smallest absolute Gasteiger partial charge is 0.226 e. The molecule has 3 atom stereocenters. The van der Waals surface area contributed by atoms with Crippen LogP contribution in [0.25, 0.3) is 11.0 Å². The summed E-state index contributed by atoms with van der Waals surface area (Å²) in [6.07, 6.45) is 5.63. The van der Waals surface area contributed by atoms with E-state index < -0.39 is 0 Å². The lowest BCUT2D eigenvalue weighted by atomic mass is 9.81. The van der Waals surface area contributed by atoms with Crippen molar-refractivity contribution in [2.45, 2.75) is 79.2 Å². The molecule has 2 heterocycles. The number of fused-ring (bicyclic) bond motifs is 1. The Kier molecular flexibility index (Phi) is 7.72. The highest BCUT2D eigenvalue weighted by Crippen LogP contribution is 2.41. The molecule has 0 spiro atoms. The van der Waals surface area contributed by atoms with E-state index in [0.717, 1.165) is 59.3 Å². The van der Waals surface area contributed by atoms with Gasteiger partial charge in [0.2, 0.25) is 5.91 Å². The van der Waals surface area contributed by atoms with Gasteiger partial charge >= 0.3 is 0 Å². The molecule has 1 aliphatic rings. The highest BCUT2D eigenvalue weighted by atomic mass is 16.2. The Hall–Kier alpha value is -3.21. The second kappa shape index (κ2) is 10.6. The van der Waals surface area contributed by atoms with E-state index in [4.69, 9.17) is 4.98 Å². The van der Waals surface area contributed by atoms with Crippen molar-refractivity contribution in [2.24, 2.45) is 11.3 Å². The molecular weight excluding hydrogens is 456 g/mol. The van der Waals surface area contributed by atoms with Gasteiger partial charge in [-0.15, -0.1) is 0 Å². The van der Waals surface area contributed by atoms with Gasteiger partial charge in [-0.3, -0.25) is 14.8 Å². The van der Waals surface area contributed by atoms with Crippen LogP contribution in [0.4, 0.5) is 11.4 Å². The summed E-state index contributed by atoms with van der Waals surface area (Å²) in [5.74, 6) is 0.627. The third-order valence-corrected chi connectivity index (χ3v) is 7.79. The van der Waals surface area contributed by atoms with Crippen LogP contribution in [-0.2, 0) is 4.79 Å². The maximum absolute atomic E-state index is 13.4. The van der Waals surface area contributed by atoms with E-state index >= 15 is 0 Å². The number of carbonyl (C=O) groups is 1. The van der Waals surface area contributed by atoms with Crippen molar-refractivity contribution >= 4 is 28.3 Å². The summed E-state index contributed by atoms with van der Waals surface area (Å²) in [7, 11) is 1.96. The van der Waals surface area contributed by atoms with Gasteiger partial charge in [0.1, 0.15) is 0 Å². The van der Waals surface area contributed by atoms with Gasteiger partial charge in [0, 0.05) is 29.9 Å². The fourth-order valence-electron chi connectivity index (χ4n) is 5.75. The van der Waals surface area contributed by atoms with Crippen LogP contribution in [0.15, 0.2) is 54.7 Å². The Balaban J connectivity index is 1.63. The van der Waals surface area contributed by atoms with Gasteiger partial charge in [0.25, 0.3) is 0 Å². The molecule has 0 saturated heterocycles. The van der Waals surface area contributed by atoms with Gasteiger partial charge in [-0.1, -0.05) is 58.9 Å². The summed E-state index contributed by atoms with van der Waals surface area (Å²) in [5, 5.41) is 3.61. The number of amides is 1. The molecule has 1 amide bonds. The molecule has 1 fully saturated rings. The number of hydrogen-bond donors (Lipinski definition) is 1. The number of pyridine rings is 2. The minimum absolute atomic E-state index is 0.0203. The number of nitrogens with one attached hydrogen (secondary N) is 1. The summed E-state index contributed by atoms with van der Waals surface area (Å²) in [6.45, 7) is 17.2. The number of aromatic nitrogens is 2. The SMILES string of the molecule is C=C1CC[C@@H](C(=O)N(C)[C@@H](c2ccc(Nc3cnc4ccc(C)nc4c3[C@H](C)CC)cc2)C(C)(C)C)C1. The van der Waals surface area contributed by atoms with E-state index in [-0.39, 0.29) is 23.3 Å². The summed E-state index contributed by atoms with van der Waals surface area (Å²) < 4.78 is 0. The summed E-state index contributed by atoms with van der Waals surface area (Å²) in [6, 6.07) is 12.6. The topological polar surface area (TPSA) is 58.1 Å². The average molecular weight is 499 g/mol. The summed E-state index contributed by atoms with van der Waals surface area (Å²) in [5.41, 5.74) is 8.31. The quantitative estimate of drug-likeness (QED) is 0.334. The second-order valence-electron chi connectivity index (χ2n) is 11.9. The van der Waals surface area contributed by atoms with Crippen LogP contribution >= 0.6 is 0 Å². The van der Waals surface area contributed by atoms with Crippen molar-refractivity contribution in [3.63, 3.8) is 0 Å². The molecule has 2 aromatic heterocycles. The first-order valence-electron chi connectivity index (χ1n) is 13.6. The van der Waals surface area contributed by atoms with E-state index in [1.165, 1.54) is 11.1 Å². The molecule has 1 aliphatic carbocycles. The number of rotatable bonds is 7. The van der Waals surface area contributed by atoms with Gasteiger partial charge in [-0.05, 0) is 73.8 Å². The lowest BCUT2D eigenvalue weighted by molar-refractivity contribution is -0.138. The fraction of sp³-hybridized carbons (Fsp3) is 0.469. The monoisotopic (exact) mass is 498 g/mol. The van der Waals surface area contributed by atoms with E-state index in [1.807, 2.05) is 37.2 Å². The van der Waals surface area contributed by atoms with E-state index in [2.05, 4.69) is 75.8 Å². The highest BCUT2D eigenvalue weighted by Gasteiger charge is 2.36. The van der Waals surface area contributed by atoms with Crippen LogP contribution < -0.4 is 5.32 Å². The molecular formula is C32H42N4O. The van der Waals surface area contributed by atoms with Crippen LogP contribution in [0.5, 0.6) is 0 Å². The van der Waals surface area contributed by atoms with Gasteiger partial charge in [0.15, 0.2) is 0 Å². The van der Waals surface area contributed by atoms with Crippen molar-refractivity contribution < 1.29 is 4.79 Å². The van der Waals surface area contributed by atoms with Crippen molar-refractivity contribution in [1.82, 2.24) is 14.9 Å². The molecule has 0 bridgehead atoms.